The molecule has 0 radical (unpaired) electrons. The summed E-state index contributed by atoms with van der Waals surface area (Å²) in [6.07, 6.45) is 1.42. The number of likely N-dealkylation sites (tertiary alicyclic amines) is 1. The van der Waals surface area contributed by atoms with E-state index in [2.05, 4.69) is 28.5 Å². The minimum atomic E-state index is 0.789. The molecule has 0 amide bonds. The molecule has 1 unspecified atom stereocenters. The molecular formula is C10H20N2S. The second kappa shape index (κ2) is 4.67. The lowest BCUT2D eigenvalue weighted by Crippen LogP contribution is -2.50. The van der Waals surface area contributed by atoms with Crippen molar-refractivity contribution in [1.29, 1.82) is 0 Å². The largest absolute Gasteiger partial charge is 0.300 e. The van der Waals surface area contributed by atoms with Crippen molar-refractivity contribution in [2.45, 2.75) is 19.4 Å². The number of thioether (sulfide) groups is 1. The fourth-order valence-corrected chi connectivity index (χ4v) is 3.03. The zero-order valence-electron chi connectivity index (χ0n) is 8.54. The van der Waals surface area contributed by atoms with Crippen molar-refractivity contribution in [2.75, 3.05) is 44.2 Å². The molecule has 2 saturated heterocycles. The minimum absolute atomic E-state index is 0.789. The van der Waals surface area contributed by atoms with E-state index in [1.165, 1.54) is 50.7 Å². The van der Waals surface area contributed by atoms with Crippen LogP contribution in [0.25, 0.3) is 0 Å². The molecule has 2 rings (SSSR count). The Morgan fingerprint density at radius 1 is 1.15 bits per heavy atom. The van der Waals surface area contributed by atoms with Crippen LogP contribution in [0.1, 0.15) is 13.3 Å². The van der Waals surface area contributed by atoms with Crippen molar-refractivity contribution in [3.05, 3.63) is 0 Å². The number of hydrogen-bond acceptors (Lipinski definition) is 3. The van der Waals surface area contributed by atoms with Gasteiger partial charge in [0.2, 0.25) is 0 Å². The Morgan fingerprint density at radius 2 is 1.85 bits per heavy atom. The van der Waals surface area contributed by atoms with E-state index >= 15 is 0 Å². The topological polar surface area (TPSA) is 6.48 Å². The highest BCUT2D eigenvalue weighted by molar-refractivity contribution is 7.99. The van der Waals surface area contributed by atoms with E-state index in [9.17, 15) is 0 Å². The summed E-state index contributed by atoms with van der Waals surface area (Å²) in [5, 5.41) is 0. The molecule has 0 bridgehead atoms. The maximum absolute atomic E-state index is 2.62. The number of nitrogens with zero attached hydrogens (tertiary/aromatic N) is 2. The summed E-state index contributed by atoms with van der Waals surface area (Å²) in [5.74, 6) is 2.68. The van der Waals surface area contributed by atoms with E-state index in [1.54, 1.807) is 0 Å². The van der Waals surface area contributed by atoms with E-state index < -0.39 is 0 Å². The molecule has 2 fully saturated rings. The predicted octanol–water partition coefficient (Wildman–Crippen LogP) is 1.13. The van der Waals surface area contributed by atoms with Crippen LogP contribution in [0.15, 0.2) is 0 Å². The van der Waals surface area contributed by atoms with Gasteiger partial charge in [0.15, 0.2) is 0 Å². The third-order valence-electron chi connectivity index (χ3n) is 3.14. The van der Waals surface area contributed by atoms with Crippen LogP contribution in [0, 0.1) is 0 Å². The van der Waals surface area contributed by atoms with Crippen LogP contribution in [0.5, 0.6) is 0 Å². The van der Waals surface area contributed by atoms with Crippen LogP contribution in [0.4, 0.5) is 0 Å². The predicted molar refractivity (Wildman–Crippen MR) is 59.4 cm³/mol. The zero-order chi connectivity index (χ0) is 9.10. The number of rotatable bonds is 3. The molecule has 0 aliphatic carbocycles. The average molecular weight is 200 g/mol. The van der Waals surface area contributed by atoms with Crippen LogP contribution in [-0.2, 0) is 0 Å². The van der Waals surface area contributed by atoms with Crippen molar-refractivity contribution >= 4 is 11.8 Å². The summed E-state index contributed by atoms with van der Waals surface area (Å²) in [5.41, 5.74) is 0. The molecule has 0 aromatic rings. The lowest BCUT2D eigenvalue weighted by Gasteiger charge is -2.39. The lowest BCUT2D eigenvalue weighted by atomic mass is 10.1. The highest BCUT2D eigenvalue weighted by Gasteiger charge is 2.22. The Kier molecular flexibility index (Phi) is 3.52. The van der Waals surface area contributed by atoms with Crippen LogP contribution in [-0.4, -0.2) is 60.1 Å². The standard InChI is InChI=1S/C10H20N2S/c1-10(12-3-2-4-12)9-11-5-7-13-8-6-11/h10H,2-9H2,1H3. The fraction of sp³-hybridized carbons (Fsp3) is 1.00. The minimum Gasteiger partial charge on any atom is -0.300 e. The smallest absolute Gasteiger partial charge is 0.0194 e. The van der Waals surface area contributed by atoms with Gasteiger partial charge < -0.3 is 4.90 Å². The van der Waals surface area contributed by atoms with Gasteiger partial charge in [-0.25, -0.2) is 0 Å². The van der Waals surface area contributed by atoms with Crippen molar-refractivity contribution in [3.63, 3.8) is 0 Å². The average Bonchev–Trinajstić information content (AvgIpc) is 2.02. The van der Waals surface area contributed by atoms with Crippen LogP contribution in [0.3, 0.4) is 0 Å². The maximum Gasteiger partial charge on any atom is 0.0194 e. The Hall–Kier alpha value is 0.270. The van der Waals surface area contributed by atoms with Gasteiger partial charge in [-0.15, -0.1) is 0 Å². The number of hydrogen-bond donors (Lipinski definition) is 0. The van der Waals surface area contributed by atoms with E-state index in [-0.39, 0.29) is 0 Å². The van der Waals surface area contributed by atoms with Gasteiger partial charge in [0, 0.05) is 37.2 Å². The molecule has 2 heterocycles. The Balaban J connectivity index is 1.69. The van der Waals surface area contributed by atoms with Gasteiger partial charge in [0.05, 0.1) is 0 Å². The summed E-state index contributed by atoms with van der Waals surface area (Å²) in [6.45, 7) is 8.96. The van der Waals surface area contributed by atoms with Gasteiger partial charge in [-0.05, 0) is 26.4 Å². The highest BCUT2D eigenvalue weighted by Crippen LogP contribution is 2.14. The summed E-state index contributed by atoms with van der Waals surface area (Å²) >= 11 is 2.10. The molecule has 0 aromatic heterocycles. The molecule has 2 aliphatic rings. The first-order valence-corrected chi connectivity index (χ1v) is 6.56. The monoisotopic (exact) mass is 200 g/mol. The Labute approximate surface area is 85.7 Å². The normalized spacial score (nSPS) is 28.4. The second-order valence-corrected chi connectivity index (χ2v) is 5.38. The fourth-order valence-electron chi connectivity index (χ4n) is 2.05. The molecule has 1 atom stereocenters. The van der Waals surface area contributed by atoms with E-state index in [0.29, 0.717) is 0 Å². The van der Waals surface area contributed by atoms with Gasteiger partial charge in [0.1, 0.15) is 0 Å². The van der Waals surface area contributed by atoms with Crippen molar-refractivity contribution in [2.24, 2.45) is 0 Å². The van der Waals surface area contributed by atoms with Gasteiger partial charge in [-0.3, -0.25) is 4.90 Å². The summed E-state index contributed by atoms with van der Waals surface area (Å²) in [4.78, 5) is 5.22. The van der Waals surface area contributed by atoms with Gasteiger partial charge in [0.25, 0.3) is 0 Å². The SMILES string of the molecule is CC(CN1CCSCC1)N1CCC1. The molecule has 76 valence electrons. The molecule has 2 aliphatic heterocycles. The maximum atomic E-state index is 2.62. The van der Waals surface area contributed by atoms with E-state index in [4.69, 9.17) is 0 Å². The van der Waals surface area contributed by atoms with Crippen molar-refractivity contribution in [3.8, 4) is 0 Å². The molecule has 3 heteroatoms. The van der Waals surface area contributed by atoms with E-state index in [1.807, 2.05) is 0 Å². The quantitative estimate of drug-likeness (QED) is 0.674. The van der Waals surface area contributed by atoms with Crippen LogP contribution < -0.4 is 0 Å². The van der Waals surface area contributed by atoms with Gasteiger partial charge in [-0.1, -0.05) is 0 Å². The molecule has 0 aromatic carbocycles. The van der Waals surface area contributed by atoms with Crippen LogP contribution in [0.2, 0.25) is 0 Å². The molecule has 0 spiro atoms. The summed E-state index contributed by atoms with van der Waals surface area (Å²) in [6, 6.07) is 0.789. The Bertz CT molecular complexity index is 153. The van der Waals surface area contributed by atoms with Crippen molar-refractivity contribution in [1.82, 2.24) is 9.80 Å². The summed E-state index contributed by atoms with van der Waals surface area (Å²) < 4.78 is 0. The molecular weight excluding hydrogens is 180 g/mol. The first-order chi connectivity index (χ1) is 6.36. The third-order valence-corrected chi connectivity index (χ3v) is 4.08. The molecule has 2 nitrogen and oxygen atoms in total. The Morgan fingerprint density at radius 3 is 2.38 bits per heavy atom. The highest BCUT2D eigenvalue weighted by atomic mass is 32.2. The second-order valence-electron chi connectivity index (χ2n) is 4.15. The van der Waals surface area contributed by atoms with Gasteiger partial charge >= 0.3 is 0 Å². The first kappa shape index (κ1) is 9.81. The molecule has 0 N–H and O–H groups in total. The molecule has 13 heavy (non-hydrogen) atoms. The third kappa shape index (κ3) is 2.61. The van der Waals surface area contributed by atoms with Crippen molar-refractivity contribution < 1.29 is 0 Å². The lowest BCUT2D eigenvalue weighted by molar-refractivity contribution is 0.0973. The summed E-state index contributed by atoms with van der Waals surface area (Å²) in [7, 11) is 0. The van der Waals surface area contributed by atoms with Crippen LogP contribution >= 0.6 is 11.8 Å². The molecule has 0 saturated carbocycles. The zero-order valence-corrected chi connectivity index (χ0v) is 9.35. The first-order valence-electron chi connectivity index (χ1n) is 5.40. The van der Waals surface area contributed by atoms with E-state index in [0.717, 1.165) is 6.04 Å². The van der Waals surface area contributed by atoms with Gasteiger partial charge in [-0.2, -0.15) is 11.8 Å².